The average Bonchev–Trinajstić information content (AvgIpc) is 3.22. The van der Waals surface area contributed by atoms with Gasteiger partial charge in [-0.25, -0.2) is 0 Å². The Morgan fingerprint density at radius 3 is 2.16 bits per heavy atom. The predicted octanol–water partition coefficient (Wildman–Crippen LogP) is 4.87. The molecule has 0 unspecified atom stereocenters. The minimum absolute atomic E-state index is 0.141. The second-order valence-corrected chi connectivity index (χ2v) is 6.10. The number of hydrogen-bond donors (Lipinski definition) is 1. The van der Waals surface area contributed by atoms with Crippen molar-refractivity contribution in [3.8, 4) is 16.9 Å². The summed E-state index contributed by atoms with van der Waals surface area (Å²) >= 11 is 0. The Balaban J connectivity index is 1.39. The van der Waals surface area contributed by atoms with Crippen LogP contribution in [0.4, 0.5) is 0 Å². The molecule has 0 fully saturated rings. The van der Waals surface area contributed by atoms with Crippen molar-refractivity contribution >= 4 is 18.6 Å². The fourth-order valence-electron chi connectivity index (χ4n) is 3.53. The lowest BCUT2D eigenvalue weighted by Gasteiger charge is -2.14. The quantitative estimate of drug-likeness (QED) is 0.544. The molecule has 3 aromatic carbocycles. The van der Waals surface area contributed by atoms with E-state index in [1.807, 2.05) is 42.6 Å². The van der Waals surface area contributed by atoms with E-state index < -0.39 is 0 Å². The van der Waals surface area contributed by atoms with Gasteiger partial charge >= 0.3 is 7.69 Å². The van der Waals surface area contributed by atoms with Crippen LogP contribution in [-0.2, 0) is 4.65 Å². The van der Waals surface area contributed by atoms with E-state index >= 15 is 0 Å². The molecular formula is C21H15BNO2. The zero-order valence-corrected chi connectivity index (χ0v) is 13.5. The third-order valence-electron chi connectivity index (χ3n) is 4.69. The maximum Gasteiger partial charge on any atom is 0.573 e. The highest BCUT2D eigenvalue weighted by atomic mass is 16.6. The molecule has 1 radical (unpaired) electrons. The molecule has 1 aromatic heterocycles. The minimum Gasteiger partial charge on any atom is -0.536 e. The van der Waals surface area contributed by atoms with Gasteiger partial charge in [0, 0.05) is 17.1 Å². The number of aromatic nitrogens is 1. The largest absolute Gasteiger partial charge is 0.573 e. The number of aromatic amines is 1. The van der Waals surface area contributed by atoms with E-state index in [-0.39, 0.29) is 6.10 Å². The van der Waals surface area contributed by atoms with E-state index in [2.05, 4.69) is 41.4 Å². The summed E-state index contributed by atoms with van der Waals surface area (Å²) in [6.45, 7) is 0. The predicted molar refractivity (Wildman–Crippen MR) is 99.5 cm³/mol. The van der Waals surface area contributed by atoms with Gasteiger partial charge in [-0.15, -0.1) is 0 Å². The van der Waals surface area contributed by atoms with Gasteiger partial charge in [-0.1, -0.05) is 60.7 Å². The van der Waals surface area contributed by atoms with Gasteiger partial charge in [0.25, 0.3) is 0 Å². The van der Waals surface area contributed by atoms with E-state index in [4.69, 9.17) is 9.31 Å². The number of hydrogen-bond acceptors (Lipinski definition) is 2. The van der Waals surface area contributed by atoms with Crippen molar-refractivity contribution in [1.82, 2.24) is 4.98 Å². The summed E-state index contributed by atoms with van der Waals surface area (Å²) in [5, 5.41) is 1.04. The summed E-state index contributed by atoms with van der Waals surface area (Å²) in [5.74, 6) is 0.759. The van der Waals surface area contributed by atoms with Gasteiger partial charge < -0.3 is 14.3 Å². The van der Waals surface area contributed by atoms with Crippen LogP contribution in [0.25, 0.3) is 22.0 Å². The van der Waals surface area contributed by atoms with Crippen molar-refractivity contribution in [2.75, 3.05) is 0 Å². The Morgan fingerprint density at radius 1 is 0.760 bits per heavy atom. The topological polar surface area (TPSA) is 34.2 Å². The molecule has 0 spiro atoms. The van der Waals surface area contributed by atoms with Crippen LogP contribution in [0.2, 0.25) is 0 Å². The Morgan fingerprint density at radius 2 is 1.40 bits per heavy atom. The van der Waals surface area contributed by atoms with Crippen LogP contribution in [0, 0.1) is 0 Å². The number of fused-ring (bicyclic) bond motifs is 4. The number of benzene rings is 3. The summed E-state index contributed by atoms with van der Waals surface area (Å²) in [4.78, 5) is 3.20. The minimum atomic E-state index is -0.141. The van der Waals surface area contributed by atoms with Gasteiger partial charge in [-0.05, 0) is 34.4 Å². The molecule has 4 heteroatoms. The van der Waals surface area contributed by atoms with Crippen molar-refractivity contribution in [1.29, 1.82) is 0 Å². The molecule has 3 nitrogen and oxygen atoms in total. The van der Waals surface area contributed by atoms with Gasteiger partial charge in [0.15, 0.2) is 0 Å². The van der Waals surface area contributed by atoms with Crippen molar-refractivity contribution in [2.45, 2.75) is 6.10 Å². The Kier molecular flexibility index (Phi) is 3.35. The number of nitrogens with one attached hydrogen (secondary N) is 1. The summed E-state index contributed by atoms with van der Waals surface area (Å²) in [6.07, 6.45) is 1.71. The lowest BCUT2D eigenvalue weighted by atomic mass is 10.1. The molecule has 4 aromatic rings. The van der Waals surface area contributed by atoms with E-state index in [0.717, 1.165) is 16.7 Å². The molecule has 0 atom stereocenters. The molecule has 0 aliphatic heterocycles. The summed E-state index contributed by atoms with van der Waals surface area (Å²) in [7, 11) is 1.44. The van der Waals surface area contributed by atoms with Crippen LogP contribution >= 0.6 is 0 Å². The summed E-state index contributed by atoms with van der Waals surface area (Å²) in [6, 6.07) is 24.7. The Labute approximate surface area is 146 Å². The van der Waals surface area contributed by atoms with E-state index in [0.29, 0.717) is 0 Å². The number of rotatable bonds is 4. The van der Waals surface area contributed by atoms with Crippen LogP contribution in [0.15, 0.2) is 79.0 Å². The molecule has 1 heterocycles. The first kappa shape index (κ1) is 14.4. The van der Waals surface area contributed by atoms with Crippen molar-refractivity contribution in [3.05, 3.63) is 90.1 Å². The zero-order valence-electron chi connectivity index (χ0n) is 13.5. The fourth-order valence-corrected chi connectivity index (χ4v) is 3.53. The Hall–Kier alpha value is -2.98. The highest BCUT2D eigenvalue weighted by Crippen LogP contribution is 2.44. The van der Waals surface area contributed by atoms with E-state index in [1.165, 1.54) is 29.9 Å². The maximum atomic E-state index is 6.02. The molecule has 0 bridgehead atoms. The lowest BCUT2D eigenvalue weighted by Crippen LogP contribution is -2.12. The van der Waals surface area contributed by atoms with E-state index in [9.17, 15) is 0 Å². The molecule has 0 saturated carbocycles. The first-order valence-electron chi connectivity index (χ1n) is 8.30. The first-order chi connectivity index (χ1) is 12.4. The summed E-state index contributed by atoms with van der Waals surface area (Å²) < 4.78 is 11.8. The van der Waals surface area contributed by atoms with Crippen LogP contribution in [-0.4, -0.2) is 12.7 Å². The van der Waals surface area contributed by atoms with Crippen LogP contribution in [0.1, 0.15) is 17.2 Å². The maximum absolute atomic E-state index is 6.02. The molecule has 1 N–H and O–H groups in total. The second kappa shape index (κ2) is 5.83. The number of H-pyrrole nitrogens is 1. The third-order valence-corrected chi connectivity index (χ3v) is 4.69. The normalized spacial score (nSPS) is 12.8. The fraction of sp³-hybridized carbons (Fsp3) is 0.0476. The Bertz CT molecular complexity index is 1010. The third kappa shape index (κ3) is 2.34. The van der Waals surface area contributed by atoms with Crippen LogP contribution in [0.3, 0.4) is 0 Å². The molecule has 1 aliphatic carbocycles. The monoisotopic (exact) mass is 324 g/mol. The molecular weight excluding hydrogens is 309 g/mol. The second-order valence-electron chi connectivity index (χ2n) is 6.10. The van der Waals surface area contributed by atoms with E-state index in [1.54, 1.807) is 0 Å². The van der Waals surface area contributed by atoms with Crippen molar-refractivity contribution in [2.24, 2.45) is 0 Å². The highest BCUT2D eigenvalue weighted by molar-refractivity contribution is 6.20. The molecule has 119 valence electrons. The summed E-state index contributed by atoms with van der Waals surface area (Å²) in [5.41, 5.74) is 5.83. The van der Waals surface area contributed by atoms with Crippen molar-refractivity contribution in [3.63, 3.8) is 0 Å². The molecule has 0 amide bonds. The number of para-hydroxylation sites is 1. The van der Waals surface area contributed by atoms with Gasteiger partial charge in [0.2, 0.25) is 0 Å². The molecule has 0 saturated heterocycles. The molecule has 25 heavy (non-hydrogen) atoms. The first-order valence-corrected chi connectivity index (χ1v) is 8.30. The van der Waals surface area contributed by atoms with Crippen LogP contribution < -0.4 is 4.65 Å². The van der Waals surface area contributed by atoms with Crippen molar-refractivity contribution < 1.29 is 9.31 Å². The SMILES string of the molecule is [B](Oc1c[nH]c2ccccc12)OC1c2ccccc2-c2ccccc21. The van der Waals surface area contributed by atoms with Crippen LogP contribution in [0.5, 0.6) is 5.75 Å². The standard InChI is InChI=1S/C21H15BNO2/c1-3-9-16-14(7-1)15-8-2-4-10-17(15)21(16)25-22-24-20-13-23-19-12-6-5-11-18(19)20/h1-13,21,23H. The van der Waals surface area contributed by atoms with Gasteiger partial charge in [-0.2, -0.15) is 0 Å². The average molecular weight is 324 g/mol. The zero-order chi connectivity index (χ0) is 16.6. The van der Waals surface area contributed by atoms with Gasteiger partial charge in [-0.3, -0.25) is 0 Å². The highest BCUT2D eigenvalue weighted by Gasteiger charge is 2.29. The van der Waals surface area contributed by atoms with Gasteiger partial charge in [0.1, 0.15) is 5.75 Å². The smallest absolute Gasteiger partial charge is 0.536 e. The van der Waals surface area contributed by atoms with Gasteiger partial charge in [0.05, 0.1) is 6.10 Å². The molecule has 5 rings (SSSR count). The lowest BCUT2D eigenvalue weighted by molar-refractivity contribution is 0.231. The molecule has 1 aliphatic rings.